The Morgan fingerprint density at radius 1 is 1.08 bits per heavy atom. The number of nitrogens with zero attached hydrogens (tertiary/aromatic N) is 2. The summed E-state index contributed by atoms with van der Waals surface area (Å²) in [6.45, 7) is 1.98. The number of nitrogens with one attached hydrogen (secondary N) is 1. The van der Waals surface area contributed by atoms with E-state index in [0.29, 0.717) is 5.56 Å². The number of fused-ring (bicyclic) bond motifs is 1. The molecule has 2 aromatic carbocycles. The van der Waals surface area contributed by atoms with Crippen molar-refractivity contribution < 1.29 is 4.79 Å². The molecule has 4 rings (SSSR count). The van der Waals surface area contributed by atoms with Gasteiger partial charge in [0, 0.05) is 29.3 Å². The quantitative estimate of drug-likeness (QED) is 0.593. The zero-order valence-electron chi connectivity index (χ0n) is 13.1. The first-order valence-electron chi connectivity index (χ1n) is 7.61. The lowest BCUT2D eigenvalue weighted by atomic mass is 10.2. The second kappa shape index (κ2) is 5.94. The van der Waals surface area contributed by atoms with E-state index in [1.54, 1.807) is 11.3 Å². The molecular formula is C19H15N3OS. The fourth-order valence-electron chi connectivity index (χ4n) is 2.61. The average Bonchev–Trinajstić information content (AvgIpc) is 3.23. The maximum absolute atomic E-state index is 12.4. The van der Waals surface area contributed by atoms with Gasteiger partial charge in [0.2, 0.25) is 0 Å². The minimum absolute atomic E-state index is 0.116. The monoisotopic (exact) mass is 333 g/mol. The normalized spacial score (nSPS) is 10.9. The summed E-state index contributed by atoms with van der Waals surface area (Å²) in [5.41, 5.74) is 3.40. The van der Waals surface area contributed by atoms with Crippen LogP contribution < -0.4 is 5.32 Å². The molecule has 4 aromatic rings. The van der Waals surface area contributed by atoms with E-state index in [9.17, 15) is 4.79 Å². The van der Waals surface area contributed by atoms with Crippen molar-refractivity contribution in [2.45, 2.75) is 6.92 Å². The van der Waals surface area contributed by atoms with Gasteiger partial charge >= 0.3 is 0 Å². The van der Waals surface area contributed by atoms with Crippen LogP contribution in [0.2, 0.25) is 0 Å². The number of benzene rings is 2. The molecule has 0 spiro atoms. The van der Waals surface area contributed by atoms with Crippen LogP contribution >= 0.6 is 11.3 Å². The van der Waals surface area contributed by atoms with Crippen LogP contribution in [0.25, 0.3) is 15.9 Å². The number of aromatic nitrogens is 2. The number of amides is 1. The van der Waals surface area contributed by atoms with Crippen LogP contribution in [-0.2, 0) is 0 Å². The average molecular weight is 333 g/mol. The molecule has 0 fully saturated rings. The molecule has 24 heavy (non-hydrogen) atoms. The predicted molar refractivity (Wildman–Crippen MR) is 98.1 cm³/mol. The van der Waals surface area contributed by atoms with Crippen molar-refractivity contribution in [1.82, 2.24) is 9.55 Å². The molecule has 1 amide bonds. The number of rotatable bonds is 3. The second-order valence-corrected chi connectivity index (χ2v) is 6.74. The molecule has 0 aliphatic heterocycles. The van der Waals surface area contributed by atoms with Crippen molar-refractivity contribution in [3.8, 4) is 5.69 Å². The zero-order chi connectivity index (χ0) is 16.5. The third kappa shape index (κ3) is 2.81. The molecule has 4 nitrogen and oxygen atoms in total. The van der Waals surface area contributed by atoms with Gasteiger partial charge in [-0.3, -0.25) is 4.79 Å². The Hall–Kier alpha value is -2.92. The first kappa shape index (κ1) is 14.7. The maximum Gasteiger partial charge on any atom is 0.255 e. The molecule has 0 saturated carbocycles. The number of carbonyl (C=O) groups is 1. The van der Waals surface area contributed by atoms with Gasteiger partial charge in [-0.15, -0.1) is 11.3 Å². The first-order chi connectivity index (χ1) is 11.7. The summed E-state index contributed by atoms with van der Waals surface area (Å²) in [5, 5.41) is 3.97. The van der Waals surface area contributed by atoms with Crippen LogP contribution in [0.4, 0.5) is 5.69 Å². The van der Waals surface area contributed by atoms with Crippen molar-refractivity contribution in [3.63, 3.8) is 0 Å². The van der Waals surface area contributed by atoms with E-state index in [0.717, 1.165) is 26.6 Å². The van der Waals surface area contributed by atoms with Gasteiger partial charge in [-0.1, -0.05) is 0 Å². The van der Waals surface area contributed by atoms with E-state index in [4.69, 9.17) is 0 Å². The van der Waals surface area contributed by atoms with Crippen LogP contribution in [0, 0.1) is 6.92 Å². The van der Waals surface area contributed by atoms with E-state index < -0.39 is 0 Å². The molecule has 118 valence electrons. The first-order valence-corrected chi connectivity index (χ1v) is 8.43. The number of thiazole rings is 1. The van der Waals surface area contributed by atoms with Crippen LogP contribution in [0.3, 0.4) is 0 Å². The van der Waals surface area contributed by atoms with Crippen molar-refractivity contribution in [1.29, 1.82) is 0 Å². The Labute approximate surface area is 143 Å². The van der Waals surface area contributed by atoms with Gasteiger partial charge in [0.1, 0.15) is 0 Å². The smallest absolute Gasteiger partial charge is 0.255 e. The van der Waals surface area contributed by atoms with Gasteiger partial charge in [0.15, 0.2) is 0 Å². The molecule has 5 heteroatoms. The van der Waals surface area contributed by atoms with E-state index >= 15 is 0 Å². The molecule has 0 saturated heterocycles. The maximum atomic E-state index is 12.4. The van der Waals surface area contributed by atoms with Gasteiger partial charge in [-0.2, -0.15) is 0 Å². The largest absolute Gasteiger partial charge is 0.324 e. The lowest BCUT2D eigenvalue weighted by Gasteiger charge is -2.07. The predicted octanol–water partition coefficient (Wildman–Crippen LogP) is 4.65. The van der Waals surface area contributed by atoms with Crippen LogP contribution in [0.15, 0.2) is 67.0 Å². The fourth-order valence-corrected chi connectivity index (χ4v) is 3.48. The number of hydrogen-bond donors (Lipinski definition) is 1. The highest BCUT2D eigenvalue weighted by molar-refractivity contribution is 7.18. The van der Waals surface area contributed by atoms with Crippen LogP contribution in [0.1, 0.15) is 15.4 Å². The Kier molecular flexibility index (Phi) is 3.63. The number of hydrogen-bond acceptors (Lipinski definition) is 3. The molecular weight excluding hydrogens is 318 g/mol. The van der Waals surface area contributed by atoms with Gasteiger partial charge in [0.05, 0.1) is 15.2 Å². The van der Waals surface area contributed by atoms with Crippen LogP contribution in [0.5, 0.6) is 0 Å². The lowest BCUT2D eigenvalue weighted by molar-refractivity contribution is 0.102. The van der Waals surface area contributed by atoms with Crippen molar-refractivity contribution >= 4 is 33.1 Å². The topological polar surface area (TPSA) is 46.9 Å². The summed E-state index contributed by atoms with van der Waals surface area (Å²) in [6.07, 6.45) is 3.95. The third-order valence-electron chi connectivity index (χ3n) is 3.79. The van der Waals surface area contributed by atoms with E-state index in [-0.39, 0.29) is 5.91 Å². The molecule has 0 atom stereocenters. The van der Waals surface area contributed by atoms with Crippen LogP contribution in [-0.4, -0.2) is 15.5 Å². The molecule has 0 aliphatic rings. The Bertz CT molecular complexity index is 1000. The summed E-state index contributed by atoms with van der Waals surface area (Å²) < 4.78 is 3.08. The standard InChI is InChI=1S/C19H15N3OS/c1-13-20-17-9-6-15(12-18(17)24-13)21-19(23)14-4-7-16(8-5-14)22-10-2-3-11-22/h2-12H,1H3,(H,21,23). The van der Waals surface area contributed by atoms with Gasteiger partial charge in [0.25, 0.3) is 5.91 Å². The minimum atomic E-state index is -0.116. The second-order valence-electron chi connectivity index (χ2n) is 5.51. The Balaban J connectivity index is 1.54. The highest BCUT2D eigenvalue weighted by Crippen LogP contribution is 2.25. The van der Waals surface area contributed by atoms with Gasteiger partial charge in [-0.25, -0.2) is 4.98 Å². The summed E-state index contributed by atoms with van der Waals surface area (Å²) >= 11 is 1.62. The highest BCUT2D eigenvalue weighted by Gasteiger charge is 2.08. The van der Waals surface area contributed by atoms with Gasteiger partial charge in [-0.05, 0) is 61.5 Å². The fraction of sp³-hybridized carbons (Fsp3) is 0.0526. The SMILES string of the molecule is Cc1nc2ccc(NC(=O)c3ccc(-n4cccc4)cc3)cc2s1. The molecule has 0 radical (unpaired) electrons. The van der Waals surface area contributed by atoms with Crippen molar-refractivity contribution in [2.75, 3.05) is 5.32 Å². The molecule has 0 bridgehead atoms. The number of carbonyl (C=O) groups excluding carboxylic acids is 1. The lowest BCUT2D eigenvalue weighted by Crippen LogP contribution is -2.11. The zero-order valence-corrected chi connectivity index (χ0v) is 13.9. The third-order valence-corrected chi connectivity index (χ3v) is 4.72. The summed E-state index contributed by atoms with van der Waals surface area (Å²) in [5.74, 6) is -0.116. The molecule has 2 heterocycles. The summed E-state index contributed by atoms with van der Waals surface area (Å²) in [7, 11) is 0. The van der Waals surface area contributed by atoms with Crippen molar-refractivity contribution in [3.05, 3.63) is 77.6 Å². The van der Waals surface area contributed by atoms with Gasteiger partial charge < -0.3 is 9.88 Å². The molecule has 0 aliphatic carbocycles. The minimum Gasteiger partial charge on any atom is -0.324 e. The molecule has 0 unspecified atom stereocenters. The molecule has 1 N–H and O–H groups in total. The van der Waals surface area contributed by atoms with E-state index in [2.05, 4.69) is 10.3 Å². The van der Waals surface area contributed by atoms with E-state index in [1.807, 2.05) is 78.5 Å². The highest BCUT2D eigenvalue weighted by atomic mass is 32.1. The molecule has 2 aromatic heterocycles. The Morgan fingerprint density at radius 2 is 1.83 bits per heavy atom. The van der Waals surface area contributed by atoms with E-state index in [1.165, 1.54) is 0 Å². The summed E-state index contributed by atoms with van der Waals surface area (Å²) in [6, 6.07) is 17.3. The number of anilines is 1. The summed E-state index contributed by atoms with van der Waals surface area (Å²) in [4.78, 5) is 16.9. The van der Waals surface area contributed by atoms with Crippen molar-refractivity contribution in [2.24, 2.45) is 0 Å². The number of aryl methyl sites for hydroxylation is 1. The Morgan fingerprint density at radius 3 is 2.58 bits per heavy atom.